The van der Waals surface area contributed by atoms with Gasteiger partial charge in [0.2, 0.25) is 0 Å². The van der Waals surface area contributed by atoms with Crippen LogP contribution in [-0.4, -0.2) is 41.8 Å². The molecule has 1 aliphatic heterocycles. The Kier molecular flexibility index (Phi) is 3.89. The number of hydrogen-bond acceptors (Lipinski definition) is 3. The van der Waals surface area contributed by atoms with Gasteiger partial charge in [0, 0.05) is 19.6 Å². The number of alkyl carbamates (subject to hydrolysis) is 1. The summed E-state index contributed by atoms with van der Waals surface area (Å²) in [6.45, 7) is 8.78. The summed E-state index contributed by atoms with van der Waals surface area (Å²) in [5.74, 6) is 0.593. The first kappa shape index (κ1) is 15.3. The Morgan fingerprint density at radius 1 is 1.36 bits per heavy atom. The molecule has 2 atom stereocenters. The van der Waals surface area contributed by atoms with Crippen molar-refractivity contribution in [2.75, 3.05) is 19.6 Å². The molecule has 0 radical (unpaired) electrons. The van der Waals surface area contributed by atoms with E-state index in [9.17, 15) is 4.79 Å². The fraction of sp³-hybridized carbons (Fsp3) is 0.611. The van der Waals surface area contributed by atoms with Crippen LogP contribution >= 0.6 is 0 Å². The number of hydrogen-bond donors (Lipinski definition) is 1. The van der Waals surface area contributed by atoms with E-state index in [4.69, 9.17) is 4.74 Å². The molecule has 1 aromatic rings. The molecule has 4 nitrogen and oxygen atoms in total. The van der Waals surface area contributed by atoms with Crippen LogP contribution in [-0.2, 0) is 11.2 Å². The number of benzene rings is 1. The third kappa shape index (κ3) is 3.61. The number of ether oxygens (including phenoxy) is 1. The number of piperidine rings is 1. The van der Waals surface area contributed by atoms with Crippen molar-refractivity contribution in [3.63, 3.8) is 0 Å². The summed E-state index contributed by atoms with van der Waals surface area (Å²) in [7, 11) is 0. The van der Waals surface area contributed by atoms with Gasteiger partial charge in [-0.3, -0.25) is 0 Å². The van der Waals surface area contributed by atoms with Gasteiger partial charge in [0.15, 0.2) is 0 Å². The van der Waals surface area contributed by atoms with E-state index in [1.807, 2.05) is 26.8 Å². The summed E-state index contributed by atoms with van der Waals surface area (Å²) in [6, 6.07) is 10.6. The summed E-state index contributed by atoms with van der Waals surface area (Å²) in [5, 5.41) is 3.11. The first-order valence-electron chi connectivity index (χ1n) is 8.14. The lowest BCUT2D eigenvalue weighted by molar-refractivity contribution is 0.0492. The molecule has 2 aliphatic rings. The summed E-state index contributed by atoms with van der Waals surface area (Å²) in [5.41, 5.74) is 0.910. The Labute approximate surface area is 132 Å². The van der Waals surface area contributed by atoms with Gasteiger partial charge < -0.3 is 15.0 Å². The largest absolute Gasteiger partial charge is 0.444 e. The smallest absolute Gasteiger partial charge is 0.408 e. The molecule has 2 fully saturated rings. The fourth-order valence-corrected chi connectivity index (χ4v) is 3.39. The predicted molar refractivity (Wildman–Crippen MR) is 86.8 cm³/mol. The van der Waals surface area contributed by atoms with Crippen LogP contribution in [0, 0.1) is 5.92 Å². The molecule has 0 aromatic heterocycles. The molecule has 1 amide bonds. The molecule has 22 heavy (non-hydrogen) atoms. The highest BCUT2D eigenvalue weighted by Crippen LogP contribution is 2.49. The average molecular weight is 302 g/mol. The van der Waals surface area contributed by atoms with Gasteiger partial charge in [-0.25, -0.2) is 4.79 Å². The third-order valence-electron chi connectivity index (χ3n) is 4.53. The molecule has 1 heterocycles. The van der Waals surface area contributed by atoms with Gasteiger partial charge in [0.1, 0.15) is 5.60 Å². The maximum absolute atomic E-state index is 12.0. The number of rotatable bonds is 4. The van der Waals surface area contributed by atoms with E-state index in [2.05, 4.69) is 34.5 Å². The van der Waals surface area contributed by atoms with Crippen molar-refractivity contribution >= 4 is 6.09 Å². The topological polar surface area (TPSA) is 41.6 Å². The monoisotopic (exact) mass is 302 g/mol. The molecule has 4 heteroatoms. The lowest BCUT2D eigenvalue weighted by atomic mass is 10.1. The molecule has 1 unspecified atom stereocenters. The van der Waals surface area contributed by atoms with Crippen molar-refractivity contribution in [2.24, 2.45) is 5.92 Å². The van der Waals surface area contributed by atoms with Crippen LogP contribution in [0.2, 0.25) is 0 Å². The van der Waals surface area contributed by atoms with Crippen molar-refractivity contribution in [3.05, 3.63) is 35.9 Å². The van der Waals surface area contributed by atoms with Gasteiger partial charge in [-0.15, -0.1) is 0 Å². The Hall–Kier alpha value is -1.55. The summed E-state index contributed by atoms with van der Waals surface area (Å²) in [6.07, 6.45) is 1.88. The van der Waals surface area contributed by atoms with Gasteiger partial charge in [-0.1, -0.05) is 30.3 Å². The number of amides is 1. The van der Waals surface area contributed by atoms with Crippen molar-refractivity contribution in [2.45, 2.75) is 44.8 Å². The second-order valence-electron chi connectivity index (χ2n) is 7.65. The van der Waals surface area contributed by atoms with Crippen LogP contribution < -0.4 is 5.32 Å². The van der Waals surface area contributed by atoms with E-state index in [1.165, 1.54) is 5.56 Å². The van der Waals surface area contributed by atoms with Crippen molar-refractivity contribution in [1.29, 1.82) is 0 Å². The van der Waals surface area contributed by atoms with Crippen molar-refractivity contribution < 1.29 is 9.53 Å². The number of fused-ring (bicyclic) bond motifs is 1. The molecule has 1 aromatic carbocycles. The van der Waals surface area contributed by atoms with Gasteiger partial charge in [0.05, 0.1) is 5.54 Å². The van der Waals surface area contributed by atoms with E-state index in [0.717, 1.165) is 32.5 Å². The number of carbonyl (C=O) groups excluding carboxylic acids is 1. The van der Waals surface area contributed by atoms with Gasteiger partial charge in [-0.05, 0) is 45.1 Å². The van der Waals surface area contributed by atoms with E-state index in [1.54, 1.807) is 0 Å². The van der Waals surface area contributed by atoms with Crippen LogP contribution in [0.4, 0.5) is 4.79 Å². The maximum atomic E-state index is 12.0. The van der Waals surface area contributed by atoms with E-state index >= 15 is 0 Å². The summed E-state index contributed by atoms with van der Waals surface area (Å²) >= 11 is 0. The fourth-order valence-electron chi connectivity index (χ4n) is 3.39. The number of nitrogens with zero attached hydrogens (tertiary/aromatic N) is 1. The predicted octanol–water partition coefficient (Wildman–Crippen LogP) is 2.83. The lowest BCUT2D eigenvalue weighted by Gasteiger charge is -2.24. The third-order valence-corrected chi connectivity index (χ3v) is 4.53. The molecule has 0 spiro atoms. The molecule has 0 bridgehead atoms. The minimum Gasteiger partial charge on any atom is -0.444 e. The van der Waals surface area contributed by atoms with Crippen LogP contribution in [0.15, 0.2) is 30.3 Å². The van der Waals surface area contributed by atoms with Crippen molar-refractivity contribution in [1.82, 2.24) is 10.2 Å². The minimum absolute atomic E-state index is 0.0287. The Bertz CT molecular complexity index is 538. The molecule has 1 aliphatic carbocycles. The van der Waals surface area contributed by atoms with Gasteiger partial charge in [-0.2, -0.15) is 0 Å². The van der Waals surface area contributed by atoms with Crippen LogP contribution in [0.1, 0.15) is 32.8 Å². The standard InChI is InChI=1S/C18H26N2O2/c1-17(2,3)22-16(21)19-18-11-15(18)12-20(13-18)10-9-14-7-5-4-6-8-14/h4-8,15H,9-13H2,1-3H3,(H,19,21)/t15?,18-/m1/s1. The SMILES string of the molecule is CC(C)(C)OC(=O)N[C@@]12CC1CN(CCc1ccccc1)C2. The highest BCUT2D eigenvalue weighted by molar-refractivity contribution is 5.70. The summed E-state index contributed by atoms with van der Waals surface area (Å²) < 4.78 is 5.39. The molecule has 120 valence electrons. The normalized spacial score (nSPS) is 27.3. The second kappa shape index (κ2) is 5.58. The highest BCUT2D eigenvalue weighted by Gasteiger charge is 2.61. The number of nitrogens with one attached hydrogen (secondary N) is 1. The number of likely N-dealkylation sites (tertiary alicyclic amines) is 1. The maximum Gasteiger partial charge on any atom is 0.408 e. The van der Waals surface area contributed by atoms with Crippen LogP contribution in [0.5, 0.6) is 0 Å². The average Bonchev–Trinajstić information content (AvgIpc) is 2.96. The Morgan fingerprint density at radius 2 is 2.09 bits per heavy atom. The molecule has 1 saturated heterocycles. The van der Waals surface area contributed by atoms with Gasteiger partial charge >= 0.3 is 6.09 Å². The second-order valence-corrected chi connectivity index (χ2v) is 7.65. The number of carbonyl (C=O) groups is 1. The minimum atomic E-state index is -0.434. The first-order chi connectivity index (χ1) is 10.4. The molecule has 1 saturated carbocycles. The zero-order valence-electron chi connectivity index (χ0n) is 13.8. The van der Waals surface area contributed by atoms with Crippen LogP contribution in [0.3, 0.4) is 0 Å². The summed E-state index contributed by atoms with van der Waals surface area (Å²) in [4.78, 5) is 14.4. The quantitative estimate of drug-likeness (QED) is 0.930. The lowest BCUT2D eigenvalue weighted by Crippen LogP contribution is -2.44. The zero-order valence-corrected chi connectivity index (χ0v) is 13.8. The van der Waals surface area contributed by atoms with E-state index < -0.39 is 5.60 Å². The Morgan fingerprint density at radius 3 is 2.77 bits per heavy atom. The molecule has 3 rings (SSSR count). The first-order valence-corrected chi connectivity index (χ1v) is 8.14. The van der Waals surface area contributed by atoms with Crippen molar-refractivity contribution in [3.8, 4) is 0 Å². The van der Waals surface area contributed by atoms with E-state index in [-0.39, 0.29) is 11.6 Å². The molecule has 1 N–H and O–H groups in total. The zero-order chi connectivity index (χ0) is 15.8. The van der Waals surface area contributed by atoms with E-state index in [0.29, 0.717) is 5.92 Å². The van der Waals surface area contributed by atoms with Crippen LogP contribution in [0.25, 0.3) is 0 Å². The highest BCUT2D eigenvalue weighted by atomic mass is 16.6. The van der Waals surface area contributed by atoms with Gasteiger partial charge in [0.25, 0.3) is 0 Å². The molecular weight excluding hydrogens is 276 g/mol. The molecular formula is C18H26N2O2. The Balaban J connectivity index is 1.47.